The number of nitrogens with two attached hydrogens (primary N) is 1. The van der Waals surface area contributed by atoms with Crippen LogP contribution in [0.15, 0.2) is 24.3 Å². The van der Waals surface area contributed by atoms with E-state index in [9.17, 15) is 9.59 Å². The summed E-state index contributed by atoms with van der Waals surface area (Å²) in [5, 5.41) is 0. The van der Waals surface area contributed by atoms with Crippen LogP contribution in [0.1, 0.15) is 46.4 Å². The predicted octanol–water partition coefficient (Wildman–Crippen LogP) is 1.58. The fourth-order valence-electron chi connectivity index (χ4n) is 4.06. The van der Waals surface area contributed by atoms with Crippen LogP contribution in [0.25, 0.3) is 0 Å². The zero-order valence-electron chi connectivity index (χ0n) is 14.2. The van der Waals surface area contributed by atoms with Gasteiger partial charge >= 0.3 is 0 Å². The van der Waals surface area contributed by atoms with E-state index in [4.69, 9.17) is 15.2 Å². The summed E-state index contributed by atoms with van der Waals surface area (Å²) in [6.07, 6.45) is 3.64. The lowest BCUT2D eigenvalue weighted by atomic mass is 9.79. The largest absolute Gasteiger partial charge is 0.381 e. The summed E-state index contributed by atoms with van der Waals surface area (Å²) in [6, 6.07) is 6.52. The summed E-state index contributed by atoms with van der Waals surface area (Å²) >= 11 is 0. The molecule has 2 aliphatic rings. The average molecular weight is 332 g/mol. The Hall–Kier alpha value is -1.92. The third-order valence-electron chi connectivity index (χ3n) is 5.55. The molecular formula is C18H24N2O4. The van der Waals surface area contributed by atoms with Crippen LogP contribution in [0.4, 0.5) is 0 Å². The van der Waals surface area contributed by atoms with Crippen LogP contribution in [0.3, 0.4) is 0 Å². The van der Waals surface area contributed by atoms with E-state index in [1.807, 2.05) is 4.90 Å². The lowest BCUT2D eigenvalue weighted by Crippen LogP contribution is -2.53. The van der Waals surface area contributed by atoms with Crippen molar-refractivity contribution in [1.82, 2.24) is 4.90 Å². The molecule has 1 saturated carbocycles. The number of primary amides is 1. The number of benzene rings is 1. The van der Waals surface area contributed by atoms with E-state index < -0.39 is 5.91 Å². The monoisotopic (exact) mass is 332 g/mol. The molecule has 2 N–H and O–H groups in total. The number of ether oxygens (including phenoxy) is 2. The molecule has 0 radical (unpaired) electrons. The zero-order chi connectivity index (χ0) is 17.3. The van der Waals surface area contributed by atoms with Crippen LogP contribution in [-0.2, 0) is 9.47 Å². The van der Waals surface area contributed by atoms with Gasteiger partial charge in [0.05, 0.1) is 17.7 Å². The van der Waals surface area contributed by atoms with Crippen molar-refractivity contribution in [3.63, 3.8) is 0 Å². The Morgan fingerprint density at radius 3 is 2.42 bits per heavy atom. The van der Waals surface area contributed by atoms with Crippen molar-refractivity contribution >= 4 is 11.8 Å². The number of fused-ring (bicyclic) bond motifs is 1. The molecule has 1 aromatic rings. The molecule has 2 amide bonds. The van der Waals surface area contributed by atoms with Crippen molar-refractivity contribution in [2.24, 2.45) is 5.73 Å². The second kappa shape index (κ2) is 6.53. The first-order valence-electron chi connectivity index (χ1n) is 8.29. The van der Waals surface area contributed by atoms with Crippen molar-refractivity contribution < 1.29 is 19.1 Å². The number of hydrogen-bond acceptors (Lipinski definition) is 4. The topological polar surface area (TPSA) is 81.9 Å². The molecule has 0 aromatic heterocycles. The first-order valence-corrected chi connectivity index (χ1v) is 8.29. The van der Waals surface area contributed by atoms with Crippen molar-refractivity contribution in [3.8, 4) is 0 Å². The van der Waals surface area contributed by atoms with Gasteiger partial charge in [-0.1, -0.05) is 0 Å². The maximum absolute atomic E-state index is 12.9. The molecule has 0 bridgehead atoms. The summed E-state index contributed by atoms with van der Waals surface area (Å²) in [4.78, 5) is 26.0. The Morgan fingerprint density at radius 1 is 1.17 bits per heavy atom. The van der Waals surface area contributed by atoms with Gasteiger partial charge in [-0.25, -0.2) is 0 Å². The highest BCUT2D eigenvalue weighted by molar-refractivity contribution is 5.97. The number of likely N-dealkylation sites (tertiary alicyclic amines) is 1. The highest BCUT2D eigenvalue weighted by atomic mass is 16.5. The normalized spacial score (nSPS) is 29.3. The lowest BCUT2D eigenvalue weighted by molar-refractivity contribution is -0.0893. The first-order chi connectivity index (χ1) is 11.5. The fourth-order valence-corrected chi connectivity index (χ4v) is 4.06. The van der Waals surface area contributed by atoms with Gasteiger partial charge < -0.3 is 20.1 Å². The Bertz CT molecular complexity index is 630. The molecule has 2 fully saturated rings. The van der Waals surface area contributed by atoms with E-state index in [0.29, 0.717) is 17.7 Å². The maximum Gasteiger partial charge on any atom is 0.254 e. The SMILES string of the molecule is COC1CC[C@@]2(OC)CCN(C(=O)c3ccc(C(N)=O)cc3)C2C1. The van der Waals surface area contributed by atoms with E-state index in [2.05, 4.69) is 0 Å². The van der Waals surface area contributed by atoms with Gasteiger partial charge in [-0.05, 0) is 49.9 Å². The lowest BCUT2D eigenvalue weighted by Gasteiger charge is -2.43. The van der Waals surface area contributed by atoms with Crippen LogP contribution in [0.2, 0.25) is 0 Å². The van der Waals surface area contributed by atoms with Gasteiger partial charge in [-0.2, -0.15) is 0 Å². The number of carbonyl (C=O) groups excluding carboxylic acids is 2. The Kier molecular flexibility index (Phi) is 4.60. The van der Waals surface area contributed by atoms with Crippen LogP contribution in [0, 0.1) is 0 Å². The molecule has 6 heteroatoms. The molecule has 24 heavy (non-hydrogen) atoms. The Morgan fingerprint density at radius 2 is 1.83 bits per heavy atom. The summed E-state index contributed by atoms with van der Waals surface area (Å²) in [7, 11) is 3.45. The minimum atomic E-state index is -0.496. The van der Waals surface area contributed by atoms with Crippen LogP contribution >= 0.6 is 0 Å². The molecular weight excluding hydrogens is 308 g/mol. The molecule has 2 unspecified atom stereocenters. The van der Waals surface area contributed by atoms with Crippen LogP contribution in [-0.4, -0.2) is 55.2 Å². The van der Waals surface area contributed by atoms with Gasteiger partial charge in [0.25, 0.3) is 5.91 Å². The second-order valence-corrected chi connectivity index (χ2v) is 6.61. The third-order valence-corrected chi connectivity index (χ3v) is 5.55. The van der Waals surface area contributed by atoms with Crippen molar-refractivity contribution in [2.75, 3.05) is 20.8 Å². The molecule has 1 saturated heterocycles. The maximum atomic E-state index is 12.9. The number of carbonyl (C=O) groups is 2. The number of hydrogen-bond donors (Lipinski definition) is 1. The van der Waals surface area contributed by atoms with E-state index in [-0.39, 0.29) is 23.7 Å². The summed E-state index contributed by atoms with van der Waals surface area (Å²) < 4.78 is 11.4. The van der Waals surface area contributed by atoms with Gasteiger partial charge in [0.15, 0.2) is 0 Å². The molecule has 1 aliphatic heterocycles. The van der Waals surface area contributed by atoms with Crippen molar-refractivity contribution in [2.45, 2.75) is 43.4 Å². The van der Waals surface area contributed by atoms with Crippen molar-refractivity contribution in [1.29, 1.82) is 0 Å². The molecule has 6 nitrogen and oxygen atoms in total. The molecule has 3 rings (SSSR count). The van der Waals surface area contributed by atoms with Gasteiger partial charge in [0.2, 0.25) is 5.91 Å². The van der Waals surface area contributed by atoms with Crippen LogP contribution < -0.4 is 5.73 Å². The zero-order valence-corrected chi connectivity index (χ0v) is 14.2. The van der Waals surface area contributed by atoms with Gasteiger partial charge in [-0.15, -0.1) is 0 Å². The van der Waals surface area contributed by atoms with E-state index >= 15 is 0 Å². The number of methoxy groups -OCH3 is 2. The highest BCUT2D eigenvalue weighted by Crippen LogP contribution is 2.43. The van der Waals surface area contributed by atoms with E-state index in [0.717, 1.165) is 25.7 Å². The smallest absolute Gasteiger partial charge is 0.254 e. The number of nitrogens with zero attached hydrogens (tertiary/aromatic N) is 1. The van der Waals surface area contributed by atoms with E-state index in [1.165, 1.54) is 0 Å². The highest BCUT2D eigenvalue weighted by Gasteiger charge is 2.52. The predicted molar refractivity (Wildman–Crippen MR) is 88.8 cm³/mol. The summed E-state index contributed by atoms with van der Waals surface area (Å²) in [6.45, 7) is 0.672. The second-order valence-electron chi connectivity index (χ2n) is 6.61. The minimum absolute atomic E-state index is 0.0181. The first kappa shape index (κ1) is 16.9. The molecule has 1 heterocycles. The quantitative estimate of drug-likeness (QED) is 0.908. The molecule has 3 atom stereocenters. The minimum Gasteiger partial charge on any atom is -0.381 e. The summed E-state index contributed by atoms with van der Waals surface area (Å²) in [5.41, 5.74) is 5.95. The van der Waals surface area contributed by atoms with Crippen LogP contribution in [0.5, 0.6) is 0 Å². The number of amides is 2. The average Bonchev–Trinajstić information content (AvgIpc) is 3.00. The fraction of sp³-hybridized carbons (Fsp3) is 0.556. The van der Waals surface area contributed by atoms with Gasteiger partial charge in [-0.3, -0.25) is 9.59 Å². The Labute approximate surface area is 141 Å². The number of rotatable bonds is 4. The molecule has 130 valence electrons. The van der Waals surface area contributed by atoms with Gasteiger partial charge in [0, 0.05) is 31.9 Å². The third kappa shape index (κ3) is 2.80. The molecule has 1 aromatic carbocycles. The van der Waals surface area contributed by atoms with Crippen molar-refractivity contribution in [3.05, 3.63) is 35.4 Å². The van der Waals surface area contributed by atoms with E-state index in [1.54, 1.807) is 38.5 Å². The van der Waals surface area contributed by atoms with Gasteiger partial charge in [0.1, 0.15) is 0 Å². The summed E-state index contributed by atoms with van der Waals surface area (Å²) in [5.74, 6) is -0.532. The Balaban J connectivity index is 1.82. The molecule has 0 spiro atoms. The standard InChI is InChI=1S/C18H24N2O4/c1-23-14-7-8-18(24-2)9-10-20(15(18)11-14)17(22)13-5-3-12(4-6-13)16(19)21/h3-6,14-15H,7-11H2,1-2H3,(H2,19,21)/t14?,15?,18-/m1/s1. The molecule has 1 aliphatic carbocycles.